The molecule has 0 radical (unpaired) electrons. The Kier molecular flexibility index (Phi) is 1.44. The molecule has 4 atom stereocenters. The number of aliphatic imine (C=N–C) groups is 1. The molecule has 2 N–H and O–H groups in total. The number of rotatable bonds is 1. The molecular weight excluding hydrogens is 136 g/mol. The summed E-state index contributed by atoms with van der Waals surface area (Å²) in [7, 11) is 0. The lowest BCUT2D eigenvalue weighted by Gasteiger charge is -2.13. The fraction of sp³-hybridized carbons (Fsp3) is 0.889. The minimum Gasteiger partial charge on any atom is -0.387 e. The van der Waals surface area contributed by atoms with E-state index in [4.69, 9.17) is 5.73 Å². The predicted octanol–water partition coefficient (Wildman–Crippen LogP) is 1.41. The first-order chi connectivity index (χ1) is 5.24. The Morgan fingerprint density at radius 3 is 3.00 bits per heavy atom. The molecule has 0 spiro atoms. The van der Waals surface area contributed by atoms with E-state index in [-0.39, 0.29) is 0 Å². The van der Waals surface area contributed by atoms with Crippen molar-refractivity contribution in [3.8, 4) is 0 Å². The lowest BCUT2D eigenvalue weighted by atomic mass is 9.98. The van der Waals surface area contributed by atoms with Crippen molar-refractivity contribution in [3.05, 3.63) is 0 Å². The van der Waals surface area contributed by atoms with Crippen LogP contribution in [0.4, 0.5) is 0 Å². The first kappa shape index (κ1) is 7.14. The largest absolute Gasteiger partial charge is 0.387 e. The Morgan fingerprint density at radius 2 is 2.36 bits per heavy atom. The van der Waals surface area contributed by atoms with Crippen LogP contribution in [0, 0.1) is 17.8 Å². The number of fused-ring (bicyclic) bond motifs is 1. The summed E-state index contributed by atoms with van der Waals surface area (Å²) >= 11 is 0. The quantitative estimate of drug-likeness (QED) is 0.606. The zero-order valence-electron chi connectivity index (χ0n) is 7.25. The molecule has 2 nitrogen and oxygen atoms in total. The Hall–Kier alpha value is -0.530. The van der Waals surface area contributed by atoms with Gasteiger partial charge in [0.2, 0.25) is 0 Å². The Balaban J connectivity index is 2.12. The van der Waals surface area contributed by atoms with Gasteiger partial charge >= 0.3 is 0 Å². The second-order valence-electron chi connectivity index (χ2n) is 3.94. The van der Waals surface area contributed by atoms with Gasteiger partial charge in [-0.3, -0.25) is 4.99 Å². The summed E-state index contributed by atoms with van der Waals surface area (Å²) in [6.45, 7) is 4.55. The van der Waals surface area contributed by atoms with Crippen LogP contribution in [0.15, 0.2) is 4.99 Å². The summed E-state index contributed by atoms with van der Waals surface area (Å²) in [5.74, 6) is 3.38. The highest BCUT2D eigenvalue weighted by atomic mass is 15.0. The molecule has 1 heterocycles. The van der Waals surface area contributed by atoms with Crippen molar-refractivity contribution < 1.29 is 0 Å². The normalized spacial score (nSPS) is 48.0. The van der Waals surface area contributed by atoms with Gasteiger partial charge in [-0.05, 0) is 17.8 Å². The van der Waals surface area contributed by atoms with Crippen LogP contribution < -0.4 is 5.73 Å². The molecule has 1 saturated carbocycles. The van der Waals surface area contributed by atoms with Crippen molar-refractivity contribution >= 4 is 5.84 Å². The topological polar surface area (TPSA) is 38.4 Å². The molecule has 2 heteroatoms. The third kappa shape index (κ3) is 0.959. The molecule has 1 fully saturated rings. The van der Waals surface area contributed by atoms with E-state index in [9.17, 15) is 0 Å². The zero-order valence-corrected chi connectivity index (χ0v) is 7.25. The summed E-state index contributed by atoms with van der Waals surface area (Å²) in [5, 5.41) is 0. The Labute approximate surface area is 67.9 Å². The summed E-state index contributed by atoms with van der Waals surface area (Å²) in [6.07, 6.45) is 2.30. The first-order valence-electron chi connectivity index (χ1n) is 4.56. The van der Waals surface area contributed by atoms with Crippen LogP contribution >= 0.6 is 0 Å². The summed E-state index contributed by atoms with van der Waals surface area (Å²) in [5.41, 5.74) is 5.71. The average molecular weight is 152 g/mol. The molecule has 1 aliphatic carbocycles. The van der Waals surface area contributed by atoms with Crippen LogP contribution in [0.3, 0.4) is 0 Å². The van der Waals surface area contributed by atoms with Gasteiger partial charge in [-0.2, -0.15) is 0 Å². The van der Waals surface area contributed by atoms with Crippen molar-refractivity contribution in [2.45, 2.75) is 32.7 Å². The summed E-state index contributed by atoms with van der Waals surface area (Å²) in [6, 6.07) is 0.601. The maximum Gasteiger partial charge on any atom is 0.0943 e. The molecule has 0 aromatic carbocycles. The van der Waals surface area contributed by atoms with Gasteiger partial charge in [0.1, 0.15) is 0 Å². The number of nitrogens with two attached hydrogens (primary N) is 1. The SMILES string of the molecule is CC[C@H]1[C@H]2N=C(N)C[C@H](C)[C@@H]12. The molecule has 62 valence electrons. The van der Waals surface area contributed by atoms with Gasteiger partial charge < -0.3 is 5.73 Å². The van der Waals surface area contributed by atoms with Crippen molar-refractivity contribution in [1.29, 1.82) is 0 Å². The lowest BCUT2D eigenvalue weighted by Crippen LogP contribution is -2.22. The van der Waals surface area contributed by atoms with Crippen molar-refractivity contribution in [2.24, 2.45) is 28.5 Å². The highest BCUT2D eigenvalue weighted by Crippen LogP contribution is 2.52. The van der Waals surface area contributed by atoms with E-state index in [2.05, 4.69) is 18.8 Å². The molecule has 0 bridgehead atoms. The summed E-state index contributed by atoms with van der Waals surface area (Å²) < 4.78 is 0. The second-order valence-corrected chi connectivity index (χ2v) is 3.94. The van der Waals surface area contributed by atoms with Crippen LogP contribution in [0.2, 0.25) is 0 Å². The molecule has 0 unspecified atom stereocenters. The van der Waals surface area contributed by atoms with Crippen LogP contribution in [0.25, 0.3) is 0 Å². The predicted molar refractivity (Wildman–Crippen MR) is 46.5 cm³/mol. The van der Waals surface area contributed by atoms with Gasteiger partial charge in [0.05, 0.1) is 11.9 Å². The third-order valence-electron chi connectivity index (χ3n) is 3.16. The molecular formula is C9H16N2. The fourth-order valence-electron chi connectivity index (χ4n) is 2.55. The van der Waals surface area contributed by atoms with Gasteiger partial charge in [-0.15, -0.1) is 0 Å². The molecule has 0 aromatic heterocycles. The van der Waals surface area contributed by atoms with E-state index in [0.29, 0.717) is 6.04 Å². The minimum atomic E-state index is 0.601. The summed E-state index contributed by atoms with van der Waals surface area (Å²) in [4.78, 5) is 4.45. The number of hydrogen-bond acceptors (Lipinski definition) is 2. The molecule has 0 saturated heterocycles. The molecule has 0 aromatic rings. The van der Waals surface area contributed by atoms with Gasteiger partial charge in [-0.1, -0.05) is 20.3 Å². The average Bonchev–Trinajstić information content (AvgIpc) is 2.61. The number of hydrogen-bond donors (Lipinski definition) is 1. The zero-order chi connectivity index (χ0) is 8.01. The van der Waals surface area contributed by atoms with Gasteiger partial charge in [0, 0.05) is 6.42 Å². The van der Waals surface area contributed by atoms with Gasteiger partial charge in [0.25, 0.3) is 0 Å². The van der Waals surface area contributed by atoms with E-state index >= 15 is 0 Å². The van der Waals surface area contributed by atoms with E-state index in [1.807, 2.05) is 0 Å². The monoisotopic (exact) mass is 152 g/mol. The Bertz CT molecular complexity index is 198. The highest BCUT2D eigenvalue weighted by molar-refractivity contribution is 5.82. The van der Waals surface area contributed by atoms with E-state index in [0.717, 1.165) is 30.0 Å². The Morgan fingerprint density at radius 1 is 1.64 bits per heavy atom. The molecule has 11 heavy (non-hydrogen) atoms. The number of nitrogens with zero attached hydrogens (tertiary/aromatic N) is 1. The lowest BCUT2D eigenvalue weighted by molar-refractivity contribution is 0.471. The van der Waals surface area contributed by atoms with Crippen LogP contribution in [0.1, 0.15) is 26.7 Å². The second kappa shape index (κ2) is 2.23. The molecule has 1 aliphatic heterocycles. The maximum atomic E-state index is 5.71. The van der Waals surface area contributed by atoms with Crippen molar-refractivity contribution in [1.82, 2.24) is 0 Å². The molecule has 2 aliphatic rings. The standard InChI is InChI=1S/C9H16N2/c1-3-6-8-5(2)4-7(10)11-9(6)8/h5-6,8-9H,3-4H2,1-2H3,(H2,10,11)/t5-,6+,8-,9+/m0/s1. The van der Waals surface area contributed by atoms with Crippen molar-refractivity contribution in [2.75, 3.05) is 0 Å². The first-order valence-corrected chi connectivity index (χ1v) is 4.56. The van der Waals surface area contributed by atoms with E-state index in [1.165, 1.54) is 6.42 Å². The molecule has 2 rings (SSSR count). The smallest absolute Gasteiger partial charge is 0.0943 e. The number of amidine groups is 1. The van der Waals surface area contributed by atoms with Gasteiger partial charge in [0.15, 0.2) is 0 Å². The highest BCUT2D eigenvalue weighted by Gasteiger charge is 2.53. The minimum absolute atomic E-state index is 0.601. The third-order valence-corrected chi connectivity index (χ3v) is 3.16. The van der Waals surface area contributed by atoms with Crippen LogP contribution in [-0.4, -0.2) is 11.9 Å². The van der Waals surface area contributed by atoms with E-state index in [1.54, 1.807) is 0 Å². The maximum absolute atomic E-state index is 5.71. The van der Waals surface area contributed by atoms with Crippen LogP contribution in [-0.2, 0) is 0 Å². The van der Waals surface area contributed by atoms with Gasteiger partial charge in [-0.25, -0.2) is 0 Å². The fourth-order valence-corrected chi connectivity index (χ4v) is 2.55. The molecule has 0 amide bonds. The van der Waals surface area contributed by atoms with Crippen LogP contribution in [0.5, 0.6) is 0 Å². The van der Waals surface area contributed by atoms with E-state index < -0.39 is 0 Å². The van der Waals surface area contributed by atoms with Crippen molar-refractivity contribution in [3.63, 3.8) is 0 Å².